The van der Waals surface area contributed by atoms with Crippen molar-refractivity contribution in [3.05, 3.63) is 57.8 Å². The normalized spacial score (nSPS) is 10.2. The van der Waals surface area contributed by atoms with Crippen LogP contribution in [0.2, 0.25) is 0 Å². The summed E-state index contributed by atoms with van der Waals surface area (Å²) in [5.41, 5.74) is 1.68. The summed E-state index contributed by atoms with van der Waals surface area (Å²) in [5.74, 6) is -0.315. The molecule has 0 radical (unpaired) electrons. The van der Waals surface area contributed by atoms with E-state index in [1.807, 2.05) is 25.1 Å². The molecule has 0 unspecified atom stereocenters. The molecule has 4 nitrogen and oxygen atoms in total. The van der Waals surface area contributed by atoms with Crippen LogP contribution in [0.5, 0.6) is 5.75 Å². The maximum atomic E-state index is 10.8. The highest BCUT2D eigenvalue weighted by molar-refractivity contribution is 9.10. The van der Waals surface area contributed by atoms with E-state index in [4.69, 9.17) is 9.84 Å². The number of carbonyl (C=O) groups is 1. The first-order valence-electron chi connectivity index (χ1n) is 5.64. The molecule has 0 bridgehead atoms. The SMILES string of the molecule is Cc1cc(OCc2cccc(C(=O)O)n2)ccc1Br. The molecule has 2 aromatic rings. The van der Waals surface area contributed by atoms with Crippen molar-refractivity contribution in [1.29, 1.82) is 0 Å². The molecule has 0 amide bonds. The number of halogens is 1. The van der Waals surface area contributed by atoms with Gasteiger partial charge in [0.1, 0.15) is 18.1 Å². The number of aryl methyl sites for hydroxylation is 1. The first kappa shape index (κ1) is 13.5. The molecule has 0 atom stereocenters. The highest BCUT2D eigenvalue weighted by Crippen LogP contribution is 2.22. The van der Waals surface area contributed by atoms with Gasteiger partial charge in [-0.25, -0.2) is 9.78 Å². The Balaban J connectivity index is 2.07. The van der Waals surface area contributed by atoms with Crippen LogP contribution >= 0.6 is 15.9 Å². The van der Waals surface area contributed by atoms with E-state index in [1.165, 1.54) is 6.07 Å². The summed E-state index contributed by atoms with van der Waals surface area (Å²) in [6, 6.07) is 10.5. The molecule has 0 saturated heterocycles. The summed E-state index contributed by atoms with van der Waals surface area (Å²) in [7, 11) is 0. The minimum Gasteiger partial charge on any atom is -0.487 e. The van der Waals surface area contributed by atoms with Crippen LogP contribution in [-0.2, 0) is 6.61 Å². The Kier molecular flexibility index (Phi) is 4.16. The fourth-order valence-electron chi connectivity index (χ4n) is 1.54. The maximum absolute atomic E-state index is 10.8. The Bertz CT molecular complexity index is 613. The summed E-state index contributed by atoms with van der Waals surface area (Å²) < 4.78 is 6.61. The van der Waals surface area contributed by atoms with Crippen LogP contribution in [0, 0.1) is 6.92 Å². The number of benzene rings is 1. The fourth-order valence-corrected chi connectivity index (χ4v) is 1.79. The van der Waals surface area contributed by atoms with E-state index in [0.717, 1.165) is 15.8 Å². The zero-order valence-corrected chi connectivity index (χ0v) is 11.8. The smallest absolute Gasteiger partial charge is 0.354 e. The number of rotatable bonds is 4. The van der Waals surface area contributed by atoms with Gasteiger partial charge < -0.3 is 9.84 Å². The highest BCUT2D eigenvalue weighted by atomic mass is 79.9. The molecule has 0 aliphatic heterocycles. The monoisotopic (exact) mass is 321 g/mol. The average Bonchev–Trinajstić information content (AvgIpc) is 2.40. The van der Waals surface area contributed by atoms with Crippen molar-refractivity contribution in [3.63, 3.8) is 0 Å². The molecule has 0 spiro atoms. The van der Waals surface area contributed by atoms with Gasteiger partial charge in [0.2, 0.25) is 0 Å². The second kappa shape index (κ2) is 5.84. The van der Waals surface area contributed by atoms with Gasteiger partial charge in [0.25, 0.3) is 0 Å². The first-order valence-corrected chi connectivity index (χ1v) is 6.44. The molecule has 98 valence electrons. The molecular formula is C14H12BrNO3. The van der Waals surface area contributed by atoms with E-state index in [-0.39, 0.29) is 12.3 Å². The molecule has 2 rings (SSSR count). The molecule has 0 aliphatic rings. The quantitative estimate of drug-likeness (QED) is 0.937. The summed E-state index contributed by atoms with van der Waals surface area (Å²) in [5, 5.41) is 8.85. The molecule has 0 saturated carbocycles. The standard InChI is InChI=1S/C14H12BrNO3/c1-9-7-11(5-6-12(9)15)19-8-10-3-2-4-13(16-10)14(17)18/h2-7H,8H2,1H3,(H,17,18). The van der Waals surface area contributed by atoms with Crippen molar-refractivity contribution in [2.45, 2.75) is 13.5 Å². The molecule has 1 N–H and O–H groups in total. The van der Waals surface area contributed by atoms with Crippen LogP contribution in [0.25, 0.3) is 0 Å². The summed E-state index contributed by atoms with van der Waals surface area (Å²) in [6.07, 6.45) is 0. The molecule has 1 aromatic carbocycles. The largest absolute Gasteiger partial charge is 0.487 e. The number of hydrogen-bond donors (Lipinski definition) is 1. The molecule has 1 aromatic heterocycles. The van der Waals surface area contributed by atoms with Gasteiger partial charge in [-0.2, -0.15) is 0 Å². The lowest BCUT2D eigenvalue weighted by Gasteiger charge is -2.07. The zero-order chi connectivity index (χ0) is 13.8. The molecule has 19 heavy (non-hydrogen) atoms. The Morgan fingerprint density at radius 2 is 2.16 bits per heavy atom. The second-order valence-corrected chi connectivity index (χ2v) is 4.87. The minimum atomic E-state index is -1.04. The second-order valence-electron chi connectivity index (χ2n) is 4.02. The molecular weight excluding hydrogens is 310 g/mol. The molecule has 0 aliphatic carbocycles. The molecule has 0 fully saturated rings. The van der Waals surface area contributed by atoms with Crippen LogP contribution < -0.4 is 4.74 Å². The number of hydrogen-bond acceptors (Lipinski definition) is 3. The number of pyridine rings is 1. The van der Waals surface area contributed by atoms with E-state index in [1.54, 1.807) is 12.1 Å². The Morgan fingerprint density at radius 3 is 2.84 bits per heavy atom. The Labute approximate surface area is 119 Å². The fraction of sp³-hybridized carbons (Fsp3) is 0.143. The third-order valence-corrected chi connectivity index (χ3v) is 3.43. The van der Waals surface area contributed by atoms with Gasteiger partial charge in [-0.15, -0.1) is 0 Å². The number of carboxylic acids is 1. The summed E-state index contributed by atoms with van der Waals surface area (Å²) >= 11 is 3.42. The lowest BCUT2D eigenvalue weighted by Crippen LogP contribution is -2.05. The van der Waals surface area contributed by atoms with Gasteiger partial charge in [0, 0.05) is 4.47 Å². The predicted molar refractivity (Wildman–Crippen MR) is 74.4 cm³/mol. The van der Waals surface area contributed by atoms with Crippen LogP contribution in [0.1, 0.15) is 21.7 Å². The number of ether oxygens (including phenoxy) is 1. The third-order valence-electron chi connectivity index (χ3n) is 2.54. The lowest BCUT2D eigenvalue weighted by molar-refractivity contribution is 0.0690. The van der Waals surface area contributed by atoms with E-state index in [0.29, 0.717) is 5.69 Å². The number of aromatic carboxylic acids is 1. The highest BCUT2D eigenvalue weighted by Gasteiger charge is 2.06. The van der Waals surface area contributed by atoms with Crippen molar-refractivity contribution in [3.8, 4) is 5.75 Å². The third kappa shape index (κ3) is 3.54. The Hall–Kier alpha value is -1.88. The molecule has 5 heteroatoms. The van der Waals surface area contributed by atoms with E-state index in [2.05, 4.69) is 20.9 Å². The zero-order valence-electron chi connectivity index (χ0n) is 10.3. The number of nitrogens with zero attached hydrogens (tertiary/aromatic N) is 1. The van der Waals surface area contributed by atoms with Crippen molar-refractivity contribution < 1.29 is 14.6 Å². The first-order chi connectivity index (χ1) is 9.06. The molecule has 1 heterocycles. The Morgan fingerprint density at radius 1 is 1.37 bits per heavy atom. The van der Waals surface area contributed by atoms with Crippen molar-refractivity contribution in [2.24, 2.45) is 0 Å². The van der Waals surface area contributed by atoms with Gasteiger partial charge >= 0.3 is 5.97 Å². The van der Waals surface area contributed by atoms with Gasteiger partial charge in [0.15, 0.2) is 0 Å². The minimum absolute atomic E-state index is 0.0214. The van der Waals surface area contributed by atoms with Crippen molar-refractivity contribution in [2.75, 3.05) is 0 Å². The van der Waals surface area contributed by atoms with E-state index < -0.39 is 5.97 Å². The van der Waals surface area contributed by atoms with E-state index in [9.17, 15) is 4.79 Å². The predicted octanol–water partition coefficient (Wildman–Crippen LogP) is 3.43. The average molecular weight is 322 g/mol. The van der Waals surface area contributed by atoms with E-state index >= 15 is 0 Å². The van der Waals surface area contributed by atoms with Gasteiger partial charge in [-0.3, -0.25) is 0 Å². The van der Waals surface area contributed by atoms with Crippen LogP contribution in [0.15, 0.2) is 40.9 Å². The van der Waals surface area contributed by atoms with Crippen LogP contribution in [0.3, 0.4) is 0 Å². The lowest BCUT2D eigenvalue weighted by atomic mass is 10.2. The van der Waals surface area contributed by atoms with Crippen molar-refractivity contribution >= 4 is 21.9 Å². The number of carboxylic acid groups (broad SMARTS) is 1. The van der Waals surface area contributed by atoms with Crippen LogP contribution in [-0.4, -0.2) is 16.1 Å². The van der Waals surface area contributed by atoms with Gasteiger partial charge in [-0.1, -0.05) is 22.0 Å². The van der Waals surface area contributed by atoms with Gasteiger partial charge in [0.05, 0.1) is 5.69 Å². The topological polar surface area (TPSA) is 59.4 Å². The maximum Gasteiger partial charge on any atom is 0.354 e. The van der Waals surface area contributed by atoms with Crippen LogP contribution in [0.4, 0.5) is 0 Å². The van der Waals surface area contributed by atoms with Gasteiger partial charge in [-0.05, 0) is 42.8 Å². The van der Waals surface area contributed by atoms with Crippen molar-refractivity contribution in [1.82, 2.24) is 4.98 Å². The number of aromatic nitrogens is 1. The summed E-state index contributed by atoms with van der Waals surface area (Å²) in [6.45, 7) is 2.21. The summed E-state index contributed by atoms with van der Waals surface area (Å²) in [4.78, 5) is 14.8.